The third kappa shape index (κ3) is 2.68. The van der Waals surface area contributed by atoms with Gasteiger partial charge in [0.05, 0.1) is 18.4 Å². The Balaban J connectivity index is 2.23. The lowest BCUT2D eigenvalue weighted by molar-refractivity contribution is 0.0696. The monoisotopic (exact) mass is 308 g/mol. The van der Waals surface area contributed by atoms with Crippen molar-refractivity contribution in [2.45, 2.75) is 6.92 Å². The zero-order valence-corrected chi connectivity index (χ0v) is 12.9. The molecule has 1 aromatic carbocycles. The highest BCUT2D eigenvalue weighted by Crippen LogP contribution is 2.29. The van der Waals surface area contributed by atoms with E-state index in [1.54, 1.807) is 32.5 Å². The number of methoxy groups -OCH3 is 1. The molecule has 5 heteroatoms. The molecule has 0 radical (unpaired) electrons. The van der Waals surface area contributed by atoms with Crippen molar-refractivity contribution in [2.75, 3.05) is 7.11 Å². The SMILES string of the molecule is COc1ccc(-n2c(-c3cccnc3)cc(C(=O)O)c2C)cc1. The molecule has 3 rings (SSSR count). The smallest absolute Gasteiger partial charge is 0.337 e. The fourth-order valence-electron chi connectivity index (χ4n) is 2.61. The first-order valence-electron chi connectivity index (χ1n) is 7.12. The van der Waals surface area contributed by atoms with E-state index in [1.807, 2.05) is 41.0 Å². The predicted molar refractivity (Wildman–Crippen MR) is 87.2 cm³/mol. The van der Waals surface area contributed by atoms with Gasteiger partial charge in [-0.2, -0.15) is 0 Å². The summed E-state index contributed by atoms with van der Waals surface area (Å²) >= 11 is 0. The molecule has 0 bridgehead atoms. The lowest BCUT2D eigenvalue weighted by atomic mass is 10.2. The van der Waals surface area contributed by atoms with Crippen molar-refractivity contribution in [1.29, 1.82) is 0 Å². The molecule has 2 heterocycles. The van der Waals surface area contributed by atoms with Gasteiger partial charge >= 0.3 is 5.97 Å². The van der Waals surface area contributed by atoms with Crippen molar-refractivity contribution in [2.24, 2.45) is 0 Å². The van der Waals surface area contributed by atoms with Crippen molar-refractivity contribution in [1.82, 2.24) is 9.55 Å². The second kappa shape index (κ2) is 5.96. The third-order valence-corrected chi connectivity index (χ3v) is 3.77. The average molecular weight is 308 g/mol. The number of pyridine rings is 1. The molecule has 0 amide bonds. The number of carbonyl (C=O) groups is 1. The van der Waals surface area contributed by atoms with Crippen molar-refractivity contribution >= 4 is 5.97 Å². The number of rotatable bonds is 4. The molecule has 0 saturated heterocycles. The van der Waals surface area contributed by atoms with Crippen LogP contribution >= 0.6 is 0 Å². The fourth-order valence-corrected chi connectivity index (χ4v) is 2.61. The molecule has 2 aromatic heterocycles. The summed E-state index contributed by atoms with van der Waals surface area (Å²) in [5.41, 5.74) is 3.47. The predicted octanol–water partition coefficient (Wildman–Crippen LogP) is 3.55. The number of hydrogen-bond acceptors (Lipinski definition) is 3. The standard InChI is InChI=1S/C18H16N2O3/c1-12-16(18(21)22)10-17(13-4-3-9-19-11-13)20(12)14-5-7-15(23-2)8-6-14/h3-11H,1-2H3,(H,21,22). The van der Waals surface area contributed by atoms with Gasteiger partial charge in [-0.15, -0.1) is 0 Å². The number of benzene rings is 1. The number of nitrogens with zero attached hydrogens (tertiary/aromatic N) is 2. The van der Waals surface area contributed by atoms with Gasteiger partial charge in [0.1, 0.15) is 5.75 Å². The van der Waals surface area contributed by atoms with E-state index in [-0.39, 0.29) is 5.56 Å². The number of carboxylic acid groups (broad SMARTS) is 1. The van der Waals surface area contributed by atoms with Crippen LogP contribution in [0.5, 0.6) is 5.75 Å². The minimum Gasteiger partial charge on any atom is -0.497 e. The van der Waals surface area contributed by atoms with Crippen LogP contribution in [0.3, 0.4) is 0 Å². The topological polar surface area (TPSA) is 64.4 Å². The molecule has 0 unspecified atom stereocenters. The van der Waals surface area contributed by atoms with Crippen LogP contribution in [0.15, 0.2) is 54.9 Å². The normalized spacial score (nSPS) is 10.5. The maximum atomic E-state index is 11.5. The summed E-state index contributed by atoms with van der Waals surface area (Å²) in [5, 5.41) is 9.43. The summed E-state index contributed by atoms with van der Waals surface area (Å²) in [4.78, 5) is 15.6. The molecule has 0 aliphatic carbocycles. The molecule has 1 N–H and O–H groups in total. The Bertz CT molecular complexity index is 837. The first-order valence-corrected chi connectivity index (χ1v) is 7.12. The maximum Gasteiger partial charge on any atom is 0.337 e. The quantitative estimate of drug-likeness (QED) is 0.800. The molecule has 0 aliphatic heterocycles. The van der Waals surface area contributed by atoms with E-state index in [2.05, 4.69) is 4.98 Å². The number of carboxylic acids is 1. The highest BCUT2D eigenvalue weighted by atomic mass is 16.5. The Hall–Kier alpha value is -3.08. The van der Waals surface area contributed by atoms with Crippen LogP contribution in [0.1, 0.15) is 16.1 Å². The van der Waals surface area contributed by atoms with Gasteiger partial charge in [-0.25, -0.2) is 4.79 Å². The van der Waals surface area contributed by atoms with Crippen molar-refractivity contribution < 1.29 is 14.6 Å². The first-order chi connectivity index (χ1) is 11.1. The number of hydrogen-bond donors (Lipinski definition) is 1. The van der Waals surface area contributed by atoms with Crippen LogP contribution in [0.2, 0.25) is 0 Å². The molecule has 0 atom stereocenters. The zero-order chi connectivity index (χ0) is 16.4. The second-order valence-electron chi connectivity index (χ2n) is 5.11. The van der Waals surface area contributed by atoms with Crippen LogP contribution in [0, 0.1) is 6.92 Å². The highest BCUT2D eigenvalue weighted by molar-refractivity contribution is 5.91. The number of aromatic carboxylic acids is 1. The molecule has 0 saturated carbocycles. The first kappa shape index (κ1) is 14.8. The Kier molecular flexibility index (Phi) is 3.85. The van der Waals surface area contributed by atoms with Gasteiger partial charge in [0.25, 0.3) is 0 Å². The van der Waals surface area contributed by atoms with Crippen LogP contribution < -0.4 is 4.74 Å². The van der Waals surface area contributed by atoms with Gasteiger partial charge < -0.3 is 14.4 Å². The van der Waals surface area contributed by atoms with E-state index < -0.39 is 5.97 Å². The summed E-state index contributed by atoms with van der Waals surface area (Å²) in [5.74, 6) is -0.195. The zero-order valence-electron chi connectivity index (χ0n) is 12.9. The molecule has 116 valence electrons. The van der Waals surface area contributed by atoms with Gasteiger partial charge in [0.15, 0.2) is 0 Å². The van der Waals surface area contributed by atoms with Crippen LogP contribution in [-0.2, 0) is 0 Å². The average Bonchev–Trinajstić information content (AvgIpc) is 2.93. The van der Waals surface area contributed by atoms with Crippen LogP contribution in [0.4, 0.5) is 0 Å². The Labute approximate surface area is 133 Å². The molecule has 5 nitrogen and oxygen atoms in total. The van der Waals surface area contributed by atoms with E-state index in [9.17, 15) is 9.90 Å². The summed E-state index contributed by atoms with van der Waals surface area (Å²) in [6.07, 6.45) is 3.41. The molecule has 3 aromatic rings. The minimum absolute atomic E-state index is 0.277. The molecular weight excluding hydrogens is 292 g/mol. The van der Waals surface area contributed by atoms with Gasteiger partial charge in [0.2, 0.25) is 0 Å². The van der Waals surface area contributed by atoms with E-state index in [0.717, 1.165) is 22.7 Å². The van der Waals surface area contributed by atoms with Gasteiger partial charge in [-0.05, 0) is 49.4 Å². The van der Waals surface area contributed by atoms with Gasteiger partial charge in [0, 0.05) is 29.3 Å². The van der Waals surface area contributed by atoms with Crippen molar-refractivity contribution in [3.05, 3.63) is 66.1 Å². The fraction of sp³-hybridized carbons (Fsp3) is 0.111. The molecule has 0 fully saturated rings. The molecular formula is C18H16N2O3. The summed E-state index contributed by atoms with van der Waals surface area (Å²) in [6, 6.07) is 12.9. The Morgan fingerprint density at radius 2 is 1.96 bits per heavy atom. The van der Waals surface area contributed by atoms with E-state index in [0.29, 0.717) is 5.69 Å². The highest BCUT2D eigenvalue weighted by Gasteiger charge is 2.19. The van der Waals surface area contributed by atoms with Gasteiger partial charge in [-0.3, -0.25) is 4.98 Å². The van der Waals surface area contributed by atoms with Crippen LogP contribution in [0.25, 0.3) is 16.9 Å². The van der Waals surface area contributed by atoms with Crippen molar-refractivity contribution in [3.8, 4) is 22.7 Å². The Morgan fingerprint density at radius 1 is 1.22 bits per heavy atom. The minimum atomic E-state index is -0.945. The van der Waals surface area contributed by atoms with E-state index in [1.165, 1.54) is 0 Å². The lowest BCUT2D eigenvalue weighted by Crippen LogP contribution is -2.02. The summed E-state index contributed by atoms with van der Waals surface area (Å²) in [6.45, 7) is 1.80. The number of aromatic nitrogens is 2. The summed E-state index contributed by atoms with van der Waals surface area (Å²) in [7, 11) is 1.61. The Morgan fingerprint density at radius 3 is 2.52 bits per heavy atom. The lowest BCUT2D eigenvalue weighted by Gasteiger charge is -2.12. The third-order valence-electron chi connectivity index (χ3n) is 3.77. The molecule has 0 aliphatic rings. The maximum absolute atomic E-state index is 11.5. The number of ether oxygens (including phenoxy) is 1. The van der Waals surface area contributed by atoms with Gasteiger partial charge in [-0.1, -0.05) is 0 Å². The van der Waals surface area contributed by atoms with Crippen LogP contribution in [-0.4, -0.2) is 27.7 Å². The largest absolute Gasteiger partial charge is 0.497 e. The second-order valence-corrected chi connectivity index (χ2v) is 5.11. The van der Waals surface area contributed by atoms with Crippen molar-refractivity contribution in [3.63, 3.8) is 0 Å². The molecule has 23 heavy (non-hydrogen) atoms. The van der Waals surface area contributed by atoms with E-state index >= 15 is 0 Å². The molecule has 0 spiro atoms. The summed E-state index contributed by atoms with van der Waals surface area (Å²) < 4.78 is 7.10. The van der Waals surface area contributed by atoms with E-state index in [4.69, 9.17) is 4.74 Å².